The van der Waals surface area contributed by atoms with Crippen LogP contribution in [0.2, 0.25) is 0 Å². The molecule has 5 heteroatoms. The van der Waals surface area contributed by atoms with Crippen LogP contribution in [0.3, 0.4) is 0 Å². The highest BCUT2D eigenvalue weighted by atomic mass is 16.5. The fourth-order valence-corrected chi connectivity index (χ4v) is 2.05. The highest BCUT2D eigenvalue weighted by Crippen LogP contribution is 2.19. The Kier molecular flexibility index (Phi) is 5.03. The molecule has 1 aromatic rings. The second-order valence-electron chi connectivity index (χ2n) is 4.56. The zero-order chi connectivity index (χ0) is 13.5. The van der Waals surface area contributed by atoms with Crippen LogP contribution in [0.4, 0.5) is 5.69 Å². The maximum absolute atomic E-state index is 11.8. The molecule has 0 radical (unpaired) electrons. The maximum Gasteiger partial charge on any atom is 0.223 e. The van der Waals surface area contributed by atoms with Crippen LogP contribution in [0, 0.1) is 5.92 Å². The van der Waals surface area contributed by atoms with E-state index in [4.69, 9.17) is 15.2 Å². The molecule has 5 nitrogen and oxygen atoms in total. The van der Waals surface area contributed by atoms with E-state index in [9.17, 15) is 4.79 Å². The van der Waals surface area contributed by atoms with Crippen LogP contribution in [-0.2, 0) is 9.53 Å². The number of ether oxygens (including phenoxy) is 2. The Balaban J connectivity index is 1.66. The van der Waals surface area contributed by atoms with E-state index >= 15 is 0 Å². The van der Waals surface area contributed by atoms with Gasteiger partial charge in [-0.1, -0.05) is 12.1 Å². The number of carbonyl (C=O) groups excluding carboxylic acids is 1. The number of amides is 1. The Morgan fingerprint density at radius 1 is 1.37 bits per heavy atom. The van der Waals surface area contributed by atoms with Crippen molar-refractivity contribution in [2.75, 3.05) is 32.1 Å². The summed E-state index contributed by atoms with van der Waals surface area (Å²) in [6.07, 6.45) is 1.61. The Bertz CT molecular complexity index is 417. The fraction of sp³-hybridized carbons (Fsp3) is 0.500. The van der Waals surface area contributed by atoms with Gasteiger partial charge in [-0.15, -0.1) is 0 Å². The summed E-state index contributed by atoms with van der Waals surface area (Å²) in [7, 11) is 0. The maximum atomic E-state index is 11.8. The number of para-hydroxylation sites is 2. The number of nitrogen functional groups attached to an aromatic ring is 1. The molecule has 1 aromatic carbocycles. The number of nitrogens with two attached hydrogens (primary N) is 1. The lowest BCUT2D eigenvalue weighted by atomic mass is 9.99. The summed E-state index contributed by atoms with van der Waals surface area (Å²) in [5.74, 6) is 0.825. The highest BCUT2D eigenvalue weighted by Gasteiger charge is 2.20. The quantitative estimate of drug-likeness (QED) is 0.619. The second-order valence-corrected chi connectivity index (χ2v) is 4.56. The van der Waals surface area contributed by atoms with E-state index in [-0.39, 0.29) is 11.8 Å². The topological polar surface area (TPSA) is 73.6 Å². The molecule has 1 heterocycles. The standard InChI is InChI=1S/C14H20N2O3/c15-12-3-1-2-4-13(12)19-10-7-16-14(17)11-5-8-18-9-6-11/h1-4,11H,5-10,15H2,(H,16,17). The number of rotatable bonds is 5. The van der Waals surface area contributed by atoms with Crippen molar-refractivity contribution in [2.24, 2.45) is 5.92 Å². The van der Waals surface area contributed by atoms with Crippen LogP contribution in [0.25, 0.3) is 0 Å². The molecule has 1 amide bonds. The summed E-state index contributed by atoms with van der Waals surface area (Å²) < 4.78 is 10.7. The monoisotopic (exact) mass is 264 g/mol. The number of hydrogen-bond acceptors (Lipinski definition) is 4. The van der Waals surface area contributed by atoms with E-state index in [1.165, 1.54) is 0 Å². The molecule has 1 aliphatic rings. The Morgan fingerprint density at radius 2 is 2.11 bits per heavy atom. The van der Waals surface area contributed by atoms with Gasteiger partial charge in [0.2, 0.25) is 5.91 Å². The largest absolute Gasteiger partial charge is 0.490 e. The Morgan fingerprint density at radius 3 is 2.84 bits per heavy atom. The molecular weight excluding hydrogens is 244 g/mol. The predicted molar refractivity (Wildman–Crippen MR) is 72.9 cm³/mol. The normalized spacial score (nSPS) is 16.0. The molecule has 104 valence electrons. The summed E-state index contributed by atoms with van der Waals surface area (Å²) in [5.41, 5.74) is 6.36. The van der Waals surface area contributed by atoms with Gasteiger partial charge >= 0.3 is 0 Å². The van der Waals surface area contributed by atoms with E-state index in [2.05, 4.69) is 5.32 Å². The Hall–Kier alpha value is -1.75. The van der Waals surface area contributed by atoms with Gasteiger partial charge in [0.1, 0.15) is 12.4 Å². The fourth-order valence-electron chi connectivity index (χ4n) is 2.05. The van der Waals surface area contributed by atoms with Gasteiger partial charge in [0.15, 0.2) is 0 Å². The molecular formula is C14H20N2O3. The van der Waals surface area contributed by atoms with Crippen LogP contribution in [0.15, 0.2) is 24.3 Å². The van der Waals surface area contributed by atoms with Crippen LogP contribution < -0.4 is 15.8 Å². The molecule has 2 rings (SSSR count). The number of benzene rings is 1. The SMILES string of the molecule is Nc1ccccc1OCCNC(=O)C1CCOCC1. The minimum absolute atomic E-state index is 0.0792. The molecule has 1 aliphatic heterocycles. The average Bonchev–Trinajstić information content (AvgIpc) is 2.46. The lowest BCUT2D eigenvalue weighted by Gasteiger charge is -2.21. The first-order valence-corrected chi connectivity index (χ1v) is 6.60. The smallest absolute Gasteiger partial charge is 0.223 e. The summed E-state index contributed by atoms with van der Waals surface area (Å²) in [5, 5.41) is 2.88. The first kappa shape index (κ1) is 13.7. The van der Waals surface area contributed by atoms with Crippen molar-refractivity contribution < 1.29 is 14.3 Å². The van der Waals surface area contributed by atoms with Crippen molar-refractivity contribution in [1.82, 2.24) is 5.32 Å². The van der Waals surface area contributed by atoms with Crippen molar-refractivity contribution >= 4 is 11.6 Å². The van der Waals surface area contributed by atoms with Crippen LogP contribution in [0.1, 0.15) is 12.8 Å². The van der Waals surface area contributed by atoms with E-state index in [0.29, 0.717) is 37.8 Å². The average molecular weight is 264 g/mol. The van der Waals surface area contributed by atoms with Crippen molar-refractivity contribution in [3.05, 3.63) is 24.3 Å². The van der Waals surface area contributed by atoms with E-state index in [0.717, 1.165) is 12.8 Å². The van der Waals surface area contributed by atoms with Crippen LogP contribution in [0.5, 0.6) is 5.75 Å². The first-order valence-electron chi connectivity index (χ1n) is 6.60. The third-order valence-corrected chi connectivity index (χ3v) is 3.17. The Labute approximate surface area is 113 Å². The zero-order valence-corrected chi connectivity index (χ0v) is 10.9. The lowest BCUT2D eigenvalue weighted by molar-refractivity contribution is -0.127. The zero-order valence-electron chi connectivity index (χ0n) is 10.9. The third-order valence-electron chi connectivity index (χ3n) is 3.17. The van der Waals surface area contributed by atoms with Crippen LogP contribution in [-0.4, -0.2) is 32.3 Å². The second kappa shape index (κ2) is 6.99. The first-order chi connectivity index (χ1) is 9.27. The van der Waals surface area contributed by atoms with Gasteiger partial charge in [-0.2, -0.15) is 0 Å². The number of carbonyl (C=O) groups is 1. The summed E-state index contributed by atoms with van der Waals surface area (Å²) >= 11 is 0. The van der Waals surface area contributed by atoms with Gasteiger partial charge in [-0.3, -0.25) is 4.79 Å². The van der Waals surface area contributed by atoms with Gasteiger partial charge in [0.05, 0.1) is 12.2 Å². The molecule has 3 N–H and O–H groups in total. The molecule has 0 aliphatic carbocycles. The highest BCUT2D eigenvalue weighted by molar-refractivity contribution is 5.78. The number of anilines is 1. The van der Waals surface area contributed by atoms with Crippen LogP contribution >= 0.6 is 0 Å². The molecule has 19 heavy (non-hydrogen) atoms. The molecule has 0 saturated carbocycles. The molecule has 1 saturated heterocycles. The van der Waals surface area contributed by atoms with Gasteiger partial charge < -0.3 is 20.5 Å². The molecule has 0 bridgehead atoms. The predicted octanol–water partition coefficient (Wildman–Crippen LogP) is 1.19. The minimum Gasteiger partial charge on any atom is -0.490 e. The lowest BCUT2D eigenvalue weighted by Crippen LogP contribution is -2.36. The van der Waals surface area contributed by atoms with Gasteiger partial charge in [0.25, 0.3) is 0 Å². The summed E-state index contributed by atoms with van der Waals surface area (Å²) in [4.78, 5) is 11.8. The van der Waals surface area contributed by atoms with Crippen molar-refractivity contribution in [2.45, 2.75) is 12.8 Å². The van der Waals surface area contributed by atoms with Crippen molar-refractivity contribution in [3.63, 3.8) is 0 Å². The van der Waals surface area contributed by atoms with Gasteiger partial charge in [-0.25, -0.2) is 0 Å². The molecule has 0 unspecified atom stereocenters. The van der Waals surface area contributed by atoms with Gasteiger partial charge in [0, 0.05) is 19.1 Å². The molecule has 0 aromatic heterocycles. The van der Waals surface area contributed by atoms with E-state index in [1.54, 1.807) is 6.07 Å². The van der Waals surface area contributed by atoms with E-state index in [1.807, 2.05) is 18.2 Å². The van der Waals surface area contributed by atoms with Crippen molar-refractivity contribution in [1.29, 1.82) is 0 Å². The minimum atomic E-state index is 0.0792. The third kappa shape index (κ3) is 4.13. The number of hydrogen-bond donors (Lipinski definition) is 2. The van der Waals surface area contributed by atoms with Crippen molar-refractivity contribution in [3.8, 4) is 5.75 Å². The molecule has 0 spiro atoms. The number of nitrogens with one attached hydrogen (secondary N) is 1. The van der Waals surface area contributed by atoms with E-state index < -0.39 is 0 Å². The molecule has 0 atom stereocenters. The summed E-state index contributed by atoms with van der Waals surface area (Å²) in [6.45, 7) is 2.26. The van der Waals surface area contributed by atoms with Gasteiger partial charge in [-0.05, 0) is 25.0 Å². The summed E-state index contributed by atoms with van der Waals surface area (Å²) in [6, 6.07) is 7.33. The molecule has 1 fully saturated rings.